The van der Waals surface area contributed by atoms with Crippen molar-refractivity contribution >= 4 is 51.3 Å². The molecule has 6 nitrogen and oxygen atoms in total. The molecule has 1 fully saturated rings. The van der Waals surface area contributed by atoms with E-state index in [1.54, 1.807) is 36.4 Å². The van der Waals surface area contributed by atoms with E-state index in [2.05, 4.69) is 10.0 Å². The van der Waals surface area contributed by atoms with Gasteiger partial charge in [-0.05, 0) is 43.2 Å². The average Bonchev–Trinajstić information content (AvgIpc) is 3.05. The highest BCUT2D eigenvalue weighted by atomic mass is 35.5. The predicted molar refractivity (Wildman–Crippen MR) is 110 cm³/mol. The quantitative estimate of drug-likeness (QED) is 0.672. The second kappa shape index (κ2) is 8.48. The summed E-state index contributed by atoms with van der Waals surface area (Å²) in [6.07, 6.45) is 3.09. The largest absolute Gasteiger partial charge is 0.324 e. The molecule has 27 heavy (non-hydrogen) atoms. The zero-order valence-corrected chi connectivity index (χ0v) is 16.8. The van der Waals surface area contributed by atoms with Crippen LogP contribution < -0.4 is 15.8 Å². The van der Waals surface area contributed by atoms with Crippen molar-refractivity contribution in [2.45, 2.75) is 36.1 Å². The summed E-state index contributed by atoms with van der Waals surface area (Å²) in [6.45, 7) is 0. The molecule has 3 rings (SSSR count). The summed E-state index contributed by atoms with van der Waals surface area (Å²) in [5.41, 5.74) is 5.92. The highest BCUT2D eigenvalue weighted by molar-refractivity contribution is 7.92. The molecular formula is C18H21Cl2N3O3S. The smallest absolute Gasteiger partial charge is 0.262 e. The van der Waals surface area contributed by atoms with Crippen molar-refractivity contribution in [3.63, 3.8) is 0 Å². The Morgan fingerprint density at radius 2 is 1.74 bits per heavy atom. The van der Waals surface area contributed by atoms with Gasteiger partial charge in [0.1, 0.15) is 0 Å². The maximum atomic E-state index is 12.6. The van der Waals surface area contributed by atoms with Crippen LogP contribution in [-0.4, -0.2) is 19.9 Å². The maximum Gasteiger partial charge on any atom is 0.262 e. The lowest BCUT2D eigenvalue weighted by atomic mass is 9.98. The molecule has 9 heteroatoms. The SMILES string of the molecule is Cl.NC1(C(=O)Nc2cccc(S(=O)(=O)Nc3ccccc3Cl)c2)CCCC1. The van der Waals surface area contributed by atoms with Gasteiger partial charge in [0.25, 0.3) is 10.0 Å². The molecule has 0 unspecified atom stereocenters. The van der Waals surface area contributed by atoms with Gasteiger partial charge < -0.3 is 11.1 Å². The van der Waals surface area contributed by atoms with E-state index in [9.17, 15) is 13.2 Å². The summed E-state index contributed by atoms with van der Waals surface area (Å²) in [5, 5.41) is 3.03. The van der Waals surface area contributed by atoms with Crippen molar-refractivity contribution in [1.82, 2.24) is 0 Å². The number of rotatable bonds is 5. The molecule has 2 aromatic rings. The van der Waals surface area contributed by atoms with Gasteiger partial charge in [0.15, 0.2) is 0 Å². The first kappa shape index (κ1) is 21.5. The monoisotopic (exact) mass is 429 g/mol. The molecule has 146 valence electrons. The van der Waals surface area contributed by atoms with Crippen molar-refractivity contribution < 1.29 is 13.2 Å². The number of hydrogen-bond donors (Lipinski definition) is 3. The Hall–Kier alpha value is -1.80. The number of nitrogens with one attached hydrogen (secondary N) is 2. The van der Waals surface area contributed by atoms with Crippen molar-refractivity contribution in [1.29, 1.82) is 0 Å². The van der Waals surface area contributed by atoms with Crippen molar-refractivity contribution in [2.24, 2.45) is 5.73 Å². The molecule has 0 atom stereocenters. The number of hydrogen-bond acceptors (Lipinski definition) is 4. The van der Waals surface area contributed by atoms with Gasteiger partial charge in [0, 0.05) is 5.69 Å². The number of anilines is 2. The van der Waals surface area contributed by atoms with Crippen LogP contribution in [0, 0.1) is 0 Å². The zero-order chi connectivity index (χ0) is 18.8. The minimum atomic E-state index is -3.85. The summed E-state index contributed by atoms with van der Waals surface area (Å²) in [4.78, 5) is 12.4. The van der Waals surface area contributed by atoms with Gasteiger partial charge in [-0.2, -0.15) is 0 Å². The Morgan fingerprint density at radius 3 is 2.41 bits per heavy atom. The number of carbonyl (C=O) groups is 1. The fourth-order valence-electron chi connectivity index (χ4n) is 2.98. The minimum Gasteiger partial charge on any atom is -0.324 e. The van der Waals surface area contributed by atoms with Crippen molar-refractivity contribution in [3.05, 3.63) is 53.6 Å². The van der Waals surface area contributed by atoms with Crippen LogP contribution in [0.3, 0.4) is 0 Å². The lowest BCUT2D eigenvalue weighted by molar-refractivity contribution is -0.121. The Bertz CT molecular complexity index is 929. The van der Waals surface area contributed by atoms with E-state index in [0.29, 0.717) is 23.6 Å². The van der Waals surface area contributed by atoms with E-state index in [1.165, 1.54) is 12.1 Å². The second-order valence-electron chi connectivity index (χ2n) is 6.43. The van der Waals surface area contributed by atoms with E-state index in [1.807, 2.05) is 0 Å². The van der Waals surface area contributed by atoms with Gasteiger partial charge in [0.2, 0.25) is 5.91 Å². The molecule has 0 heterocycles. The minimum absolute atomic E-state index is 0. The third-order valence-corrected chi connectivity index (χ3v) is 6.16. The van der Waals surface area contributed by atoms with Crippen LogP contribution in [0.1, 0.15) is 25.7 Å². The number of carbonyl (C=O) groups excluding carboxylic acids is 1. The number of amides is 1. The molecular weight excluding hydrogens is 409 g/mol. The summed E-state index contributed by atoms with van der Waals surface area (Å²) in [5.74, 6) is -0.288. The highest BCUT2D eigenvalue weighted by Gasteiger charge is 2.37. The van der Waals surface area contributed by atoms with Crippen LogP contribution >= 0.6 is 24.0 Å². The Kier molecular flexibility index (Phi) is 6.75. The summed E-state index contributed by atoms with van der Waals surface area (Å²) < 4.78 is 27.7. The van der Waals surface area contributed by atoms with Gasteiger partial charge in [-0.3, -0.25) is 9.52 Å². The number of nitrogens with two attached hydrogens (primary N) is 1. The molecule has 0 spiro atoms. The zero-order valence-electron chi connectivity index (χ0n) is 14.4. The Morgan fingerprint density at radius 1 is 1.07 bits per heavy atom. The van der Waals surface area contributed by atoms with Crippen molar-refractivity contribution in [2.75, 3.05) is 10.0 Å². The van der Waals surface area contributed by atoms with E-state index >= 15 is 0 Å². The first-order valence-corrected chi connectivity index (χ1v) is 10.1. The van der Waals surface area contributed by atoms with Gasteiger partial charge in [0.05, 0.1) is 21.1 Å². The molecule has 0 bridgehead atoms. The molecule has 0 aromatic heterocycles. The number of benzene rings is 2. The predicted octanol–water partition coefficient (Wildman–Crippen LogP) is 3.77. The second-order valence-corrected chi connectivity index (χ2v) is 8.52. The first-order chi connectivity index (χ1) is 12.3. The van der Waals surface area contributed by atoms with Crippen LogP contribution in [0.25, 0.3) is 0 Å². The number of para-hydroxylation sites is 1. The number of sulfonamides is 1. The highest BCUT2D eigenvalue weighted by Crippen LogP contribution is 2.29. The van der Waals surface area contributed by atoms with E-state index in [0.717, 1.165) is 12.8 Å². The van der Waals surface area contributed by atoms with Crippen LogP contribution in [0.2, 0.25) is 5.02 Å². The van der Waals surface area contributed by atoms with Crippen molar-refractivity contribution in [3.8, 4) is 0 Å². The summed E-state index contributed by atoms with van der Waals surface area (Å²) >= 11 is 6.01. The van der Waals surface area contributed by atoms with Gasteiger partial charge in [-0.25, -0.2) is 8.42 Å². The van der Waals surface area contributed by atoms with Crippen LogP contribution in [0.15, 0.2) is 53.4 Å². The van der Waals surface area contributed by atoms with E-state index in [-0.39, 0.29) is 28.9 Å². The molecule has 0 saturated heterocycles. The third kappa shape index (κ3) is 4.93. The topological polar surface area (TPSA) is 101 Å². The maximum absolute atomic E-state index is 12.6. The molecule has 4 N–H and O–H groups in total. The van der Waals surface area contributed by atoms with E-state index in [4.69, 9.17) is 17.3 Å². The fourth-order valence-corrected chi connectivity index (χ4v) is 4.34. The Balaban J connectivity index is 0.00000261. The standard InChI is InChI=1S/C18H20ClN3O3S.ClH/c19-15-8-1-2-9-16(15)22-26(24,25)14-7-5-6-13(12-14)21-17(23)18(20)10-3-4-11-18;/h1-2,5-9,12,22H,3-4,10-11,20H2,(H,21,23);1H. The lowest BCUT2D eigenvalue weighted by Gasteiger charge is -2.22. The molecule has 1 saturated carbocycles. The molecule has 1 amide bonds. The molecule has 0 aliphatic heterocycles. The molecule has 2 aromatic carbocycles. The van der Waals surface area contributed by atoms with Crippen LogP contribution in [0.5, 0.6) is 0 Å². The lowest BCUT2D eigenvalue weighted by Crippen LogP contribution is -2.48. The molecule has 1 aliphatic carbocycles. The fraction of sp³-hybridized carbons (Fsp3) is 0.278. The average molecular weight is 430 g/mol. The van der Waals surface area contributed by atoms with Crippen LogP contribution in [0.4, 0.5) is 11.4 Å². The van der Waals surface area contributed by atoms with Crippen LogP contribution in [-0.2, 0) is 14.8 Å². The normalized spacial score (nSPS) is 15.6. The Labute approximate surface area is 169 Å². The summed E-state index contributed by atoms with van der Waals surface area (Å²) in [6, 6.07) is 12.6. The third-order valence-electron chi connectivity index (χ3n) is 4.47. The van der Waals surface area contributed by atoms with E-state index < -0.39 is 15.6 Å². The molecule has 1 aliphatic rings. The number of halogens is 2. The molecule has 0 radical (unpaired) electrons. The van der Waals surface area contributed by atoms with Gasteiger partial charge >= 0.3 is 0 Å². The summed E-state index contributed by atoms with van der Waals surface area (Å²) in [7, 11) is -3.85. The van der Waals surface area contributed by atoms with Gasteiger partial charge in [-0.1, -0.05) is 42.6 Å². The first-order valence-electron chi connectivity index (χ1n) is 8.28. The van der Waals surface area contributed by atoms with Gasteiger partial charge in [-0.15, -0.1) is 12.4 Å².